The molecule has 3 aliphatic rings. The van der Waals surface area contributed by atoms with E-state index in [-0.39, 0.29) is 12.0 Å². The molecule has 1 spiro atoms. The molecule has 29 heavy (non-hydrogen) atoms. The Balaban J connectivity index is 1.14. The maximum Gasteiger partial charge on any atom is 0.407 e. The predicted molar refractivity (Wildman–Crippen MR) is 111 cm³/mol. The van der Waals surface area contributed by atoms with E-state index in [0.717, 1.165) is 32.1 Å². The molecule has 2 heterocycles. The molecule has 2 saturated heterocycles. The van der Waals surface area contributed by atoms with Crippen LogP contribution in [0.25, 0.3) is 11.1 Å². The molecule has 0 bridgehead atoms. The van der Waals surface area contributed by atoms with Gasteiger partial charge in [-0.3, -0.25) is 4.79 Å². The zero-order chi connectivity index (χ0) is 19.8. The van der Waals surface area contributed by atoms with Gasteiger partial charge in [-0.25, -0.2) is 4.79 Å². The van der Waals surface area contributed by atoms with Crippen molar-refractivity contribution in [1.82, 2.24) is 10.2 Å². The Kier molecular flexibility index (Phi) is 4.53. The first-order valence-corrected chi connectivity index (χ1v) is 10.6. The van der Waals surface area contributed by atoms with Crippen LogP contribution in [0, 0.1) is 0 Å². The minimum Gasteiger partial charge on any atom is -0.441 e. The average Bonchev–Trinajstić information content (AvgIpc) is 3.28. The Morgan fingerprint density at radius 2 is 1.86 bits per heavy atom. The number of nitrogens with one attached hydrogen (secondary N) is 1. The van der Waals surface area contributed by atoms with Gasteiger partial charge in [0.25, 0.3) is 0 Å². The first-order chi connectivity index (χ1) is 14.1. The van der Waals surface area contributed by atoms with Crippen LogP contribution in [0.1, 0.15) is 42.4 Å². The van der Waals surface area contributed by atoms with E-state index in [4.69, 9.17) is 4.74 Å². The number of benzene rings is 2. The van der Waals surface area contributed by atoms with Crippen molar-refractivity contribution < 1.29 is 14.3 Å². The number of carbonyl (C=O) groups excluding carboxylic acids is 2. The quantitative estimate of drug-likeness (QED) is 0.739. The number of likely N-dealkylation sites (tertiary alicyclic amines) is 1. The van der Waals surface area contributed by atoms with E-state index in [9.17, 15) is 9.59 Å². The van der Waals surface area contributed by atoms with Crippen molar-refractivity contribution in [3.63, 3.8) is 0 Å². The molecule has 2 aromatic rings. The van der Waals surface area contributed by atoms with Crippen LogP contribution >= 0.6 is 0 Å². The number of amides is 2. The number of rotatable bonds is 4. The third-order valence-electron chi connectivity index (χ3n) is 6.61. The van der Waals surface area contributed by atoms with Crippen molar-refractivity contribution in [3.8, 4) is 11.1 Å². The average molecular weight is 390 g/mol. The smallest absolute Gasteiger partial charge is 0.407 e. The fourth-order valence-corrected chi connectivity index (χ4v) is 4.87. The molecule has 0 saturated carbocycles. The Bertz CT molecular complexity index is 960. The molecule has 1 aliphatic carbocycles. The molecule has 0 aromatic heterocycles. The standard InChI is InChI=1S/C24H26N2O3/c27-22(26-12-10-24(11-13-26)16-25-23(28)29-24)7-3-4-17-8-9-19-15-18-5-1-2-6-20(18)21(19)14-17/h1-2,5-6,8-9,14H,3-4,7,10-13,15-16H2,(H,25,28). The number of carbonyl (C=O) groups is 2. The summed E-state index contributed by atoms with van der Waals surface area (Å²) in [5, 5.41) is 2.74. The van der Waals surface area contributed by atoms with Gasteiger partial charge in [0.1, 0.15) is 5.60 Å². The van der Waals surface area contributed by atoms with E-state index in [1.807, 2.05) is 4.90 Å². The number of piperidine rings is 1. The lowest BCUT2D eigenvalue weighted by atomic mass is 9.91. The van der Waals surface area contributed by atoms with Gasteiger partial charge < -0.3 is 15.0 Å². The summed E-state index contributed by atoms with van der Waals surface area (Å²) in [5.41, 5.74) is 6.41. The zero-order valence-electron chi connectivity index (χ0n) is 16.6. The first kappa shape index (κ1) is 18.2. The lowest BCUT2D eigenvalue weighted by Crippen LogP contribution is -2.48. The molecule has 0 unspecified atom stereocenters. The van der Waals surface area contributed by atoms with E-state index >= 15 is 0 Å². The summed E-state index contributed by atoms with van der Waals surface area (Å²) in [7, 11) is 0. The molecule has 1 N–H and O–H groups in total. The van der Waals surface area contributed by atoms with Crippen molar-refractivity contribution in [1.29, 1.82) is 0 Å². The molecule has 0 atom stereocenters. The molecule has 0 radical (unpaired) electrons. The molecule has 2 fully saturated rings. The zero-order valence-corrected chi connectivity index (χ0v) is 16.6. The third-order valence-corrected chi connectivity index (χ3v) is 6.61. The molecule has 2 aromatic carbocycles. The number of hydrogen-bond acceptors (Lipinski definition) is 3. The van der Waals surface area contributed by atoms with Crippen LogP contribution in [0.3, 0.4) is 0 Å². The van der Waals surface area contributed by atoms with Crippen molar-refractivity contribution in [2.45, 2.75) is 44.1 Å². The van der Waals surface area contributed by atoms with Crippen LogP contribution < -0.4 is 5.32 Å². The SMILES string of the molecule is O=C1NCC2(CCN(C(=O)CCCc3ccc4c(c3)-c3ccccc3C4)CC2)O1. The van der Waals surface area contributed by atoms with Gasteiger partial charge in [-0.2, -0.15) is 0 Å². The van der Waals surface area contributed by atoms with Gasteiger partial charge >= 0.3 is 6.09 Å². The highest BCUT2D eigenvalue weighted by Crippen LogP contribution is 2.37. The molecule has 2 aliphatic heterocycles. The Morgan fingerprint density at radius 3 is 2.66 bits per heavy atom. The number of alkyl carbamates (subject to hydrolysis) is 1. The van der Waals surface area contributed by atoms with E-state index in [2.05, 4.69) is 47.8 Å². The largest absolute Gasteiger partial charge is 0.441 e. The monoisotopic (exact) mass is 390 g/mol. The van der Waals surface area contributed by atoms with E-state index in [1.54, 1.807) is 0 Å². The molecule has 5 nitrogen and oxygen atoms in total. The summed E-state index contributed by atoms with van der Waals surface area (Å²) in [6, 6.07) is 15.4. The fraction of sp³-hybridized carbons (Fsp3) is 0.417. The van der Waals surface area contributed by atoms with Crippen molar-refractivity contribution >= 4 is 12.0 Å². The highest BCUT2D eigenvalue weighted by atomic mass is 16.6. The molecule has 2 amide bonds. The minimum absolute atomic E-state index is 0.212. The maximum absolute atomic E-state index is 12.6. The van der Waals surface area contributed by atoms with Gasteiger partial charge in [0, 0.05) is 32.4 Å². The highest BCUT2D eigenvalue weighted by Gasteiger charge is 2.43. The first-order valence-electron chi connectivity index (χ1n) is 10.6. The van der Waals surface area contributed by atoms with Crippen molar-refractivity contribution in [2.75, 3.05) is 19.6 Å². The normalized spacial score (nSPS) is 18.9. The second kappa shape index (κ2) is 7.21. The third kappa shape index (κ3) is 3.50. The van der Waals surface area contributed by atoms with Gasteiger partial charge in [0.15, 0.2) is 0 Å². The number of nitrogens with zero attached hydrogens (tertiary/aromatic N) is 1. The lowest BCUT2D eigenvalue weighted by molar-refractivity contribution is -0.134. The number of hydrogen-bond donors (Lipinski definition) is 1. The lowest BCUT2D eigenvalue weighted by Gasteiger charge is -2.37. The topological polar surface area (TPSA) is 58.6 Å². The summed E-state index contributed by atoms with van der Waals surface area (Å²) >= 11 is 0. The van der Waals surface area contributed by atoms with Crippen molar-refractivity contribution in [2.24, 2.45) is 0 Å². The second-order valence-corrected chi connectivity index (χ2v) is 8.49. The summed E-state index contributed by atoms with van der Waals surface area (Å²) in [5.74, 6) is 0.212. The van der Waals surface area contributed by atoms with Crippen LogP contribution in [0.2, 0.25) is 0 Å². The second-order valence-electron chi connectivity index (χ2n) is 8.49. The van der Waals surface area contributed by atoms with Gasteiger partial charge in [-0.05, 0) is 47.1 Å². The summed E-state index contributed by atoms with van der Waals surface area (Å²) in [4.78, 5) is 25.9. The van der Waals surface area contributed by atoms with E-state index < -0.39 is 5.60 Å². The highest BCUT2D eigenvalue weighted by molar-refractivity contribution is 5.78. The summed E-state index contributed by atoms with van der Waals surface area (Å²) < 4.78 is 5.43. The van der Waals surface area contributed by atoms with Gasteiger partial charge in [0.2, 0.25) is 5.91 Å². The van der Waals surface area contributed by atoms with Gasteiger partial charge in [-0.1, -0.05) is 42.5 Å². The van der Waals surface area contributed by atoms with Gasteiger partial charge in [-0.15, -0.1) is 0 Å². The maximum atomic E-state index is 12.6. The van der Waals surface area contributed by atoms with Crippen molar-refractivity contribution in [3.05, 3.63) is 59.2 Å². The predicted octanol–water partition coefficient (Wildman–Crippen LogP) is 3.68. The minimum atomic E-state index is -0.394. The molecule has 5 heteroatoms. The van der Waals surface area contributed by atoms with Crippen LogP contribution in [0.5, 0.6) is 0 Å². The molecular weight excluding hydrogens is 364 g/mol. The van der Waals surface area contributed by atoms with E-state index in [1.165, 1.54) is 27.8 Å². The summed E-state index contributed by atoms with van der Waals surface area (Å²) in [6.45, 7) is 1.90. The molecular formula is C24H26N2O3. The Hall–Kier alpha value is -2.82. The van der Waals surface area contributed by atoms with E-state index in [0.29, 0.717) is 26.1 Å². The van der Waals surface area contributed by atoms with Crippen LogP contribution in [-0.2, 0) is 22.4 Å². The number of fused-ring (bicyclic) bond motifs is 3. The van der Waals surface area contributed by atoms with Gasteiger partial charge in [0.05, 0.1) is 6.54 Å². The number of aryl methyl sites for hydroxylation is 1. The Labute approximate surface area is 171 Å². The molecule has 5 rings (SSSR count). The fourth-order valence-electron chi connectivity index (χ4n) is 4.87. The van der Waals surface area contributed by atoms with Crippen LogP contribution in [0.15, 0.2) is 42.5 Å². The van der Waals surface area contributed by atoms with Crippen LogP contribution in [0.4, 0.5) is 4.79 Å². The Morgan fingerprint density at radius 1 is 1.07 bits per heavy atom. The number of ether oxygens (including phenoxy) is 1. The molecule has 150 valence electrons. The summed E-state index contributed by atoms with van der Waals surface area (Å²) in [6.07, 6.45) is 4.48. The van der Waals surface area contributed by atoms with Crippen LogP contribution in [-0.4, -0.2) is 42.1 Å².